The molecule has 0 saturated carbocycles. The van der Waals surface area contributed by atoms with Crippen LogP contribution < -0.4 is 4.74 Å². The van der Waals surface area contributed by atoms with E-state index in [0.717, 1.165) is 37.0 Å². The molecule has 154 valence electrons. The molecule has 1 N–H and O–H groups in total. The number of aliphatic hydroxyl groups is 1. The number of carbonyl (C=O) groups is 2. The van der Waals surface area contributed by atoms with Crippen LogP contribution in [0.2, 0.25) is 0 Å². The number of amides is 2. The Hall–Kier alpha value is -2.08. The molecule has 2 fully saturated rings. The van der Waals surface area contributed by atoms with Gasteiger partial charge in [-0.1, -0.05) is 12.5 Å². The van der Waals surface area contributed by atoms with Crippen LogP contribution >= 0.6 is 0 Å². The quantitative estimate of drug-likeness (QED) is 0.841. The van der Waals surface area contributed by atoms with Crippen LogP contribution in [0.3, 0.4) is 0 Å². The second-order valence-corrected chi connectivity index (χ2v) is 8.30. The molecule has 1 aromatic carbocycles. The largest absolute Gasteiger partial charge is 0.491 e. The van der Waals surface area contributed by atoms with Gasteiger partial charge in [0.25, 0.3) is 0 Å². The molecule has 0 bridgehead atoms. The molecule has 1 atom stereocenters. The maximum atomic E-state index is 12.7. The van der Waals surface area contributed by atoms with Crippen molar-refractivity contribution in [1.29, 1.82) is 0 Å². The normalized spacial score (nSPS) is 23.5. The van der Waals surface area contributed by atoms with E-state index >= 15 is 0 Å². The van der Waals surface area contributed by atoms with E-state index in [1.165, 1.54) is 5.56 Å². The summed E-state index contributed by atoms with van der Waals surface area (Å²) < 4.78 is 5.84. The highest BCUT2D eigenvalue weighted by Gasteiger charge is 2.36. The van der Waals surface area contributed by atoms with Crippen LogP contribution in [0.25, 0.3) is 0 Å². The molecule has 2 aliphatic heterocycles. The summed E-state index contributed by atoms with van der Waals surface area (Å²) in [6.07, 6.45) is 4.75. The molecule has 2 amide bonds. The lowest BCUT2D eigenvalue weighted by molar-refractivity contribution is -0.145. The van der Waals surface area contributed by atoms with Gasteiger partial charge in [-0.05, 0) is 62.8 Å². The van der Waals surface area contributed by atoms with Gasteiger partial charge in [0.2, 0.25) is 11.8 Å². The van der Waals surface area contributed by atoms with Crippen LogP contribution in [0.15, 0.2) is 18.2 Å². The van der Waals surface area contributed by atoms with Crippen molar-refractivity contribution < 1.29 is 19.4 Å². The molecule has 0 spiro atoms. The first-order chi connectivity index (χ1) is 13.4. The third kappa shape index (κ3) is 5.25. The van der Waals surface area contributed by atoms with Gasteiger partial charge in [0.05, 0.1) is 13.1 Å². The number of nitrogens with zero attached hydrogens (tertiary/aromatic N) is 2. The molecule has 3 rings (SSSR count). The highest BCUT2D eigenvalue weighted by Crippen LogP contribution is 2.24. The Morgan fingerprint density at radius 1 is 1.14 bits per heavy atom. The first-order valence-corrected chi connectivity index (χ1v) is 10.3. The molecule has 6 nitrogen and oxygen atoms in total. The topological polar surface area (TPSA) is 70.1 Å². The molecule has 2 heterocycles. The fourth-order valence-corrected chi connectivity index (χ4v) is 3.93. The van der Waals surface area contributed by atoms with E-state index in [0.29, 0.717) is 25.9 Å². The van der Waals surface area contributed by atoms with E-state index in [9.17, 15) is 14.7 Å². The van der Waals surface area contributed by atoms with Gasteiger partial charge in [-0.3, -0.25) is 9.59 Å². The number of likely N-dealkylation sites (tertiary alicyclic amines) is 2. The number of aryl methyl sites for hydroxylation is 2. The number of carbonyl (C=O) groups excluding carboxylic acids is 2. The average molecular weight is 389 g/mol. The smallest absolute Gasteiger partial charge is 0.242 e. The second-order valence-electron chi connectivity index (χ2n) is 8.30. The van der Waals surface area contributed by atoms with Crippen LogP contribution in [-0.4, -0.2) is 65.1 Å². The molecular weight excluding hydrogens is 356 g/mol. The summed E-state index contributed by atoms with van der Waals surface area (Å²) >= 11 is 0. The Balaban J connectivity index is 1.56. The Bertz CT molecular complexity index is 720. The first kappa shape index (κ1) is 20.6. The Morgan fingerprint density at radius 3 is 2.75 bits per heavy atom. The van der Waals surface area contributed by atoms with Crippen LogP contribution in [0.5, 0.6) is 5.75 Å². The number of hydrogen-bond acceptors (Lipinski definition) is 4. The van der Waals surface area contributed by atoms with Crippen LogP contribution in [0.1, 0.15) is 49.7 Å². The van der Waals surface area contributed by atoms with Crippen molar-refractivity contribution in [2.75, 3.05) is 32.8 Å². The van der Waals surface area contributed by atoms with Crippen molar-refractivity contribution >= 4 is 11.8 Å². The molecule has 0 aromatic heterocycles. The lowest BCUT2D eigenvalue weighted by Gasteiger charge is -2.39. The summed E-state index contributed by atoms with van der Waals surface area (Å²) in [5.74, 6) is 0.714. The van der Waals surface area contributed by atoms with Gasteiger partial charge in [0.15, 0.2) is 0 Å². The molecule has 28 heavy (non-hydrogen) atoms. The molecule has 1 unspecified atom stereocenters. The lowest BCUT2D eigenvalue weighted by Crippen LogP contribution is -2.55. The average Bonchev–Trinajstić information content (AvgIpc) is 2.87. The maximum absolute atomic E-state index is 12.7. The van der Waals surface area contributed by atoms with E-state index in [1.54, 1.807) is 9.80 Å². The molecule has 0 radical (unpaired) electrons. The summed E-state index contributed by atoms with van der Waals surface area (Å²) in [5, 5.41) is 11.0. The second kappa shape index (κ2) is 8.95. The molecule has 0 aliphatic carbocycles. The summed E-state index contributed by atoms with van der Waals surface area (Å²) in [4.78, 5) is 28.3. The van der Waals surface area contributed by atoms with Gasteiger partial charge in [0.1, 0.15) is 18.0 Å². The van der Waals surface area contributed by atoms with Gasteiger partial charge >= 0.3 is 0 Å². The zero-order chi connectivity index (χ0) is 20.1. The third-order valence-electron chi connectivity index (χ3n) is 5.89. The molecule has 1 aromatic rings. The van der Waals surface area contributed by atoms with Crippen LogP contribution in [-0.2, 0) is 9.59 Å². The number of rotatable bonds is 5. The van der Waals surface area contributed by atoms with Crippen molar-refractivity contribution in [1.82, 2.24) is 9.80 Å². The van der Waals surface area contributed by atoms with Crippen molar-refractivity contribution in [3.8, 4) is 5.75 Å². The van der Waals surface area contributed by atoms with E-state index in [1.807, 2.05) is 32.0 Å². The van der Waals surface area contributed by atoms with E-state index in [2.05, 4.69) is 0 Å². The zero-order valence-electron chi connectivity index (χ0n) is 17.1. The summed E-state index contributed by atoms with van der Waals surface area (Å²) in [6.45, 7) is 5.87. The molecule has 6 heteroatoms. The third-order valence-corrected chi connectivity index (χ3v) is 5.89. The van der Waals surface area contributed by atoms with Crippen molar-refractivity contribution in [3.05, 3.63) is 29.3 Å². The Kier molecular flexibility index (Phi) is 6.60. The number of benzene rings is 1. The highest BCUT2D eigenvalue weighted by atomic mass is 16.5. The van der Waals surface area contributed by atoms with Gasteiger partial charge < -0.3 is 19.6 Å². The Labute approximate surface area is 167 Å². The standard InChI is InChI=1S/C22H32N2O4/c1-17-8-9-19(13-18(17)2)28-16-22(27)10-6-12-24(15-22)21(26)14-23-11-5-3-4-7-20(23)25/h8-9,13,27H,3-7,10-12,14-16H2,1-2H3. The lowest BCUT2D eigenvalue weighted by atomic mass is 9.93. The fourth-order valence-electron chi connectivity index (χ4n) is 3.93. The highest BCUT2D eigenvalue weighted by molar-refractivity contribution is 5.85. The first-order valence-electron chi connectivity index (χ1n) is 10.3. The van der Waals surface area contributed by atoms with Gasteiger partial charge in [-0.15, -0.1) is 0 Å². The minimum atomic E-state index is -1.06. The van der Waals surface area contributed by atoms with Crippen LogP contribution in [0.4, 0.5) is 0 Å². The van der Waals surface area contributed by atoms with E-state index in [-0.39, 0.29) is 31.5 Å². The van der Waals surface area contributed by atoms with Gasteiger partial charge in [0, 0.05) is 19.5 Å². The van der Waals surface area contributed by atoms with Gasteiger partial charge in [-0.25, -0.2) is 0 Å². The van der Waals surface area contributed by atoms with E-state index < -0.39 is 5.60 Å². The van der Waals surface area contributed by atoms with Crippen LogP contribution in [0, 0.1) is 13.8 Å². The summed E-state index contributed by atoms with van der Waals surface area (Å²) in [5.41, 5.74) is 1.28. The predicted molar refractivity (Wildman–Crippen MR) is 107 cm³/mol. The van der Waals surface area contributed by atoms with Crippen molar-refractivity contribution in [2.24, 2.45) is 0 Å². The SMILES string of the molecule is Cc1ccc(OCC2(O)CCCN(C(=O)CN3CCCCCC3=O)C2)cc1C. The monoisotopic (exact) mass is 388 g/mol. The minimum Gasteiger partial charge on any atom is -0.491 e. The number of ether oxygens (including phenoxy) is 1. The summed E-state index contributed by atoms with van der Waals surface area (Å²) in [7, 11) is 0. The molecule has 2 saturated heterocycles. The van der Waals surface area contributed by atoms with Crippen molar-refractivity contribution in [3.63, 3.8) is 0 Å². The molecule has 2 aliphatic rings. The minimum absolute atomic E-state index is 0.0659. The summed E-state index contributed by atoms with van der Waals surface area (Å²) in [6, 6.07) is 5.88. The van der Waals surface area contributed by atoms with Gasteiger partial charge in [-0.2, -0.15) is 0 Å². The Morgan fingerprint density at radius 2 is 1.96 bits per heavy atom. The maximum Gasteiger partial charge on any atom is 0.242 e. The fraction of sp³-hybridized carbons (Fsp3) is 0.636. The number of piperidine rings is 1. The predicted octanol–water partition coefficient (Wildman–Crippen LogP) is 2.44. The zero-order valence-corrected chi connectivity index (χ0v) is 17.1. The number of hydrogen-bond donors (Lipinski definition) is 1. The number of β-amino-alcohol motifs (C(OH)–C–C–N with tert-alkyl or cyclic N) is 1. The molecular formula is C22H32N2O4. The van der Waals surface area contributed by atoms with E-state index in [4.69, 9.17) is 4.74 Å². The van der Waals surface area contributed by atoms with Crippen molar-refractivity contribution in [2.45, 2.75) is 58.0 Å².